The Morgan fingerprint density at radius 3 is 1.91 bits per heavy atom. The highest BCUT2D eigenvalue weighted by Gasteiger charge is 2.50. The highest BCUT2D eigenvalue weighted by Crippen LogP contribution is 2.39. The van der Waals surface area contributed by atoms with Crippen molar-refractivity contribution in [1.82, 2.24) is 9.97 Å². The summed E-state index contributed by atoms with van der Waals surface area (Å²) in [6.45, 7) is -0.760. The van der Waals surface area contributed by atoms with Crippen LogP contribution in [0, 0.1) is 20.2 Å². The van der Waals surface area contributed by atoms with Gasteiger partial charge in [-0.05, 0) is 30.4 Å². The van der Waals surface area contributed by atoms with Gasteiger partial charge in [0.05, 0.1) is 26.9 Å². The fourth-order valence-corrected chi connectivity index (χ4v) is 4.39. The molecule has 44 heavy (non-hydrogen) atoms. The van der Waals surface area contributed by atoms with E-state index < -0.39 is 40.6 Å². The molecule has 0 saturated heterocycles. The zero-order valence-corrected chi connectivity index (χ0v) is 24.2. The number of hydrogen-bond acceptors (Lipinski definition) is 14. The van der Waals surface area contributed by atoms with Crippen molar-refractivity contribution in [3.63, 3.8) is 0 Å². The van der Waals surface area contributed by atoms with E-state index in [1.165, 1.54) is 27.4 Å². The van der Waals surface area contributed by atoms with Crippen molar-refractivity contribution >= 4 is 5.97 Å². The molecule has 3 rings (SSSR count). The van der Waals surface area contributed by atoms with E-state index in [1.807, 2.05) is 12.1 Å². The number of aromatic nitrogens is 2. The van der Waals surface area contributed by atoms with Crippen LogP contribution in [0.15, 0.2) is 66.7 Å². The van der Waals surface area contributed by atoms with E-state index in [4.69, 9.17) is 23.7 Å². The van der Waals surface area contributed by atoms with Gasteiger partial charge in [0.15, 0.2) is 5.60 Å². The summed E-state index contributed by atoms with van der Waals surface area (Å²) in [6.07, 6.45) is -2.18. The second-order valence-corrected chi connectivity index (χ2v) is 9.04. The molecule has 0 aliphatic rings. The Morgan fingerprint density at radius 1 is 0.864 bits per heavy atom. The number of nitrogens with zero attached hydrogens (tertiary/aromatic N) is 4. The second kappa shape index (κ2) is 16.4. The summed E-state index contributed by atoms with van der Waals surface area (Å²) in [4.78, 5) is 52.1. The summed E-state index contributed by atoms with van der Waals surface area (Å²) in [5, 5.41) is 19.1. The first-order valence-corrected chi connectivity index (χ1v) is 13.3. The van der Waals surface area contributed by atoms with E-state index in [2.05, 4.69) is 19.6 Å². The Bertz CT molecular complexity index is 1300. The Kier molecular flexibility index (Phi) is 12.4. The highest BCUT2D eigenvalue weighted by atomic mass is 17.0. The monoisotopic (exact) mass is 616 g/mol. The Labute approximate surface area is 252 Å². The van der Waals surface area contributed by atoms with Crippen LogP contribution in [-0.4, -0.2) is 72.9 Å². The maximum Gasteiger partial charge on any atom is 0.351 e. The van der Waals surface area contributed by atoms with Crippen LogP contribution < -0.4 is 14.2 Å². The lowest BCUT2D eigenvalue weighted by Gasteiger charge is -2.38. The quantitative estimate of drug-likeness (QED) is 0.0823. The third-order valence-corrected chi connectivity index (χ3v) is 6.38. The molecular formula is C28H32N4O12. The molecule has 0 aliphatic heterocycles. The summed E-state index contributed by atoms with van der Waals surface area (Å²) in [5.41, 5.74) is -0.420. The summed E-state index contributed by atoms with van der Waals surface area (Å²) < 4.78 is 28.4. The zero-order valence-electron chi connectivity index (χ0n) is 24.2. The van der Waals surface area contributed by atoms with Gasteiger partial charge in [-0.2, -0.15) is 9.97 Å². The maximum atomic E-state index is 13.9. The minimum Gasteiger partial charge on any atom is -0.481 e. The van der Waals surface area contributed by atoms with Crippen LogP contribution in [0.1, 0.15) is 30.4 Å². The number of methoxy groups -OCH3 is 3. The summed E-state index contributed by atoms with van der Waals surface area (Å²) in [7, 11) is 4.23. The molecule has 16 nitrogen and oxygen atoms in total. The van der Waals surface area contributed by atoms with Crippen molar-refractivity contribution in [3.8, 4) is 17.8 Å². The number of benzene rings is 2. The minimum absolute atomic E-state index is 0.0276. The molecule has 0 amide bonds. The Morgan fingerprint density at radius 2 is 1.43 bits per heavy atom. The number of carbonyl (C=O) groups excluding carboxylic acids is 1. The largest absolute Gasteiger partial charge is 0.481 e. The van der Waals surface area contributed by atoms with Gasteiger partial charge < -0.3 is 33.4 Å². The zero-order chi connectivity index (χ0) is 32.0. The van der Waals surface area contributed by atoms with E-state index >= 15 is 0 Å². The van der Waals surface area contributed by atoms with E-state index in [-0.39, 0.29) is 43.6 Å². The Balaban J connectivity index is 1.91. The molecule has 0 aliphatic carbocycles. The molecule has 0 saturated carbocycles. The van der Waals surface area contributed by atoms with Gasteiger partial charge >= 0.3 is 12.0 Å². The number of esters is 1. The first kappa shape index (κ1) is 33.3. The Hall–Kier alpha value is -5.25. The molecule has 16 heteroatoms. The van der Waals surface area contributed by atoms with Gasteiger partial charge in [0.1, 0.15) is 12.7 Å². The van der Waals surface area contributed by atoms with Crippen LogP contribution in [0.4, 0.5) is 0 Å². The molecule has 2 aromatic carbocycles. The molecule has 236 valence electrons. The summed E-state index contributed by atoms with van der Waals surface area (Å²) in [6, 6.07) is 19.0. The van der Waals surface area contributed by atoms with E-state index in [9.17, 15) is 25.0 Å². The lowest BCUT2D eigenvalue weighted by Crippen LogP contribution is -2.51. The van der Waals surface area contributed by atoms with Crippen molar-refractivity contribution in [2.24, 2.45) is 0 Å². The van der Waals surface area contributed by atoms with Gasteiger partial charge in [0.2, 0.25) is 17.9 Å². The standard InChI is InChI=1S/C28H32N4O12/c1-38-23-18-24(39-2)30-27(29-23)43-25(26(33)41-17-11-10-16-22(44-32(36)37)19-42-31(34)35)28(40-3,20-12-6-4-7-13-20)21-14-8-5-9-15-21/h4-9,12-15,18,22,25H,10-11,16-17,19H2,1-3H3. The summed E-state index contributed by atoms with van der Waals surface area (Å²) >= 11 is 0. The van der Waals surface area contributed by atoms with Gasteiger partial charge in [-0.15, -0.1) is 20.2 Å². The van der Waals surface area contributed by atoms with Crippen LogP contribution in [-0.2, 0) is 29.5 Å². The molecule has 3 aromatic rings. The van der Waals surface area contributed by atoms with E-state index in [0.717, 1.165) is 0 Å². The number of ether oxygens (including phenoxy) is 5. The predicted octanol–water partition coefficient (Wildman–Crippen LogP) is 3.33. The number of rotatable bonds is 19. The average molecular weight is 617 g/mol. The predicted molar refractivity (Wildman–Crippen MR) is 150 cm³/mol. The number of hydrogen-bond donors (Lipinski definition) is 0. The molecule has 1 heterocycles. The van der Waals surface area contributed by atoms with Crippen molar-refractivity contribution in [2.45, 2.75) is 37.1 Å². The van der Waals surface area contributed by atoms with Gasteiger partial charge in [-0.3, -0.25) is 0 Å². The molecule has 0 bridgehead atoms. The fourth-order valence-electron chi connectivity index (χ4n) is 4.39. The first-order chi connectivity index (χ1) is 21.2. The number of unbranched alkanes of at least 4 members (excludes halogenated alkanes) is 1. The molecule has 0 spiro atoms. The molecule has 2 unspecified atom stereocenters. The average Bonchev–Trinajstić information content (AvgIpc) is 3.03. The van der Waals surface area contributed by atoms with Crippen LogP contribution in [0.5, 0.6) is 17.8 Å². The van der Waals surface area contributed by atoms with Gasteiger partial charge in [-0.1, -0.05) is 60.7 Å². The van der Waals surface area contributed by atoms with Crippen molar-refractivity contribution in [1.29, 1.82) is 0 Å². The van der Waals surface area contributed by atoms with Gasteiger partial charge in [-0.25, -0.2) is 4.79 Å². The molecule has 2 atom stereocenters. The van der Waals surface area contributed by atoms with Gasteiger partial charge in [0.25, 0.3) is 10.2 Å². The topological polar surface area (TPSA) is 194 Å². The maximum absolute atomic E-state index is 13.9. The third-order valence-electron chi connectivity index (χ3n) is 6.38. The third kappa shape index (κ3) is 8.87. The normalized spacial score (nSPS) is 12.3. The fraction of sp³-hybridized carbons (Fsp3) is 0.393. The van der Waals surface area contributed by atoms with Crippen molar-refractivity contribution in [2.75, 3.05) is 34.5 Å². The van der Waals surface area contributed by atoms with E-state index in [1.54, 1.807) is 48.5 Å². The second-order valence-electron chi connectivity index (χ2n) is 9.04. The molecular weight excluding hydrogens is 584 g/mol. The molecule has 1 aromatic heterocycles. The summed E-state index contributed by atoms with van der Waals surface area (Å²) in [5.74, 6) is -0.595. The molecule has 0 radical (unpaired) electrons. The lowest BCUT2D eigenvalue weighted by molar-refractivity contribution is -0.790. The lowest BCUT2D eigenvalue weighted by atomic mass is 9.81. The van der Waals surface area contributed by atoms with E-state index in [0.29, 0.717) is 11.1 Å². The first-order valence-electron chi connectivity index (χ1n) is 13.3. The number of carbonyl (C=O) groups is 1. The smallest absolute Gasteiger partial charge is 0.351 e. The van der Waals surface area contributed by atoms with Gasteiger partial charge in [0, 0.05) is 7.11 Å². The molecule has 0 N–H and O–H groups in total. The van der Waals surface area contributed by atoms with Crippen LogP contribution in [0.25, 0.3) is 0 Å². The van der Waals surface area contributed by atoms with Crippen molar-refractivity contribution < 1.29 is 48.3 Å². The SMILES string of the molecule is COc1cc(OC)nc(OC(C(=O)OCCCCC(CO[N+](=O)[O-])O[N+](=O)[O-])C(OC)(c2ccccc2)c2ccccc2)n1. The van der Waals surface area contributed by atoms with Crippen LogP contribution in [0.3, 0.4) is 0 Å². The minimum atomic E-state index is -1.55. The van der Waals surface area contributed by atoms with Crippen molar-refractivity contribution in [3.05, 3.63) is 98.1 Å². The highest BCUT2D eigenvalue weighted by molar-refractivity contribution is 5.78. The van der Waals surface area contributed by atoms with Crippen LogP contribution in [0.2, 0.25) is 0 Å². The van der Waals surface area contributed by atoms with Crippen LogP contribution >= 0.6 is 0 Å². The molecule has 0 fully saturated rings.